The SMILES string of the molecule is Cc1ccnc(NCCCCOc2ccc(C[C@H](NS(=O)(=O)c3cccc(C(F)(F)F)c3)C(=O)O)cc2N)c1. The van der Waals surface area contributed by atoms with Gasteiger partial charge in [-0.2, -0.15) is 17.9 Å². The zero-order valence-corrected chi connectivity index (χ0v) is 21.8. The van der Waals surface area contributed by atoms with Crippen molar-refractivity contribution >= 4 is 27.5 Å². The van der Waals surface area contributed by atoms with Gasteiger partial charge in [-0.25, -0.2) is 13.4 Å². The quantitative estimate of drug-likeness (QED) is 0.178. The summed E-state index contributed by atoms with van der Waals surface area (Å²) in [4.78, 5) is 15.3. The lowest BCUT2D eigenvalue weighted by molar-refractivity contribution is -0.139. The number of benzene rings is 2. The predicted octanol–water partition coefficient (Wildman–Crippen LogP) is 4.24. The third-order valence-electron chi connectivity index (χ3n) is 5.63. The number of carboxylic acids is 1. The molecule has 0 saturated carbocycles. The fourth-order valence-corrected chi connectivity index (χ4v) is 4.86. The molecule has 9 nitrogen and oxygen atoms in total. The second-order valence-corrected chi connectivity index (χ2v) is 10.5. The molecule has 0 fully saturated rings. The number of aromatic nitrogens is 1. The topological polar surface area (TPSA) is 144 Å². The van der Waals surface area contributed by atoms with Crippen LogP contribution in [0.1, 0.15) is 29.5 Å². The molecule has 0 bridgehead atoms. The van der Waals surface area contributed by atoms with Crippen LogP contribution in [-0.2, 0) is 27.4 Å². The Morgan fingerprint density at radius 2 is 1.90 bits per heavy atom. The number of sulfonamides is 1. The van der Waals surface area contributed by atoms with Gasteiger partial charge in [-0.15, -0.1) is 0 Å². The molecule has 0 aliphatic heterocycles. The standard InChI is InChI=1S/C26H29F3N4O5S/c1-17-9-11-32-24(13-17)31-10-2-3-12-38-23-8-7-18(14-21(23)30)15-22(25(34)35)33-39(36,37)20-6-4-5-19(16-20)26(27,28)29/h4-9,11,13-14,16,22,33H,2-3,10,12,15,30H2,1H3,(H,31,32)(H,34,35)/t22-/m0/s1. The van der Waals surface area contributed by atoms with E-state index < -0.39 is 38.7 Å². The Morgan fingerprint density at radius 1 is 1.13 bits per heavy atom. The van der Waals surface area contributed by atoms with E-state index in [0.717, 1.165) is 42.4 Å². The maximum absolute atomic E-state index is 13.0. The Hall–Kier alpha value is -3.84. The van der Waals surface area contributed by atoms with Crippen LogP contribution >= 0.6 is 0 Å². The molecule has 1 atom stereocenters. The zero-order valence-electron chi connectivity index (χ0n) is 21.0. The number of aryl methyl sites for hydroxylation is 1. The highest BCUT2D eigenvalue weighted by Gasteiger charge is 2.32. The van der Waals surface area contributed by atoms with Crippen molar-refractivity contribution in [3.63, 3.8) is 0 Å². The first-order valence-electron chi connectivity index (χ1n) is 12.0. The minimum Gasteiger partial charge on any atom is -0.491 e. The van der Waals surface area contributed by atoms with E-state index in [0.29, 0.717) is 30.5 Å². The summed E-state index contributed by atoms with van der Waals surface area (Å²) in [5.74, 6) is -0.310. The summed E-state index contributed by atoms with van der Waals surface area (Å²) in [7, 11) is -4.56. The van der Waals surface area contributed by atoms with Crippen LogP contribution < -0.4 is 20.5 Å². The minimum absolute atomic E-state index is 0.236. The molecule has 3 rings (SSSR count). The lowest BCUT2D eigenvalue weighted by atomic mass is 10.1. The number of hydrogen-bond donors (Lipinski definition) is 4. The maximum Gasteiger partial charge on any atom is 0.416 e. The van der Waals surface area contributed by atoms with E-state index in [1.54, 1.807) is 18.3 Å². The van der Waals surface area contributed by atoms with Crippen molar-refractivity contribution in [2.75, 3.05) is 24.2 Å². The summed E-state index contributed by atoms with van der Waals surface area (Å²) in [5, 5.41) is 12.8. The predicted molar refractivity (Wildman–Crippen MR) is 140 cm³/mol. The largest absolute Gasteiger partial charge is 0.491 e. The normalized spacial score (nSPS) is 12.6. The van der Waals surface area contributed by atoms with Crippen LogP contribution in [-0.4, -0.2) is 43.7 Å². The fourth-order valence-electron chi connectivity index (χ4n) is 3.62. The van der Waals surface area contributed by atoms with Gasteiger partial charge in [0.1, 0.15) is 17.6 Å². The number of pyridine rings is 1. The molecule has 0 aliphatic rings. The number of nitrogens with two attached hydrogens (primary N) is 1. The number of carboxylic acid groups (broad SMARTS) is 1. The van der Waals surface area contributed by atoms with Crippen molar-refractivity contribution in [1.29, 1.82) is 0 Å². The molecule has 0 radical (unpaired) electrons. The van der Waals surface area contributed by atoms with E-state index in [9.17, 15) is 31.5 Å². The summed E-state index contributed by atoms with van der Waals surface area (Å²) in [5.41, 5.74) is 6.62. The van der Waals surface area contributed by atoms with Gasteiger partial charge in [-0.05, 0) is 79.8 Å². The number of anilines is 2. The Morgan fingerprint density at radius 3 is 2.56 bits per heavy atom. The lowest BCUT2D eigenvalue weighted by Crippen LogP contribution is -2.42. The number of nitrogens with one attached hydrogen (secondary N) is 2. The van der Waals surface area contributed by atoms with Crippen molar-refractivity contribution in [3.8, 4) is 5.75 Å². The van der Waals surface area contributed by atoms with E-state index in [-0.39, 0.29) is 12.1 Å². The van der Waals surface area contributed by atoms with Gasteiger partial charge < -0.3 is 20.9 Å². The number of aliphatic carboxylic acids is 1. The first kappa shape index (κ1) is 29.7. The Balaban J connectivity index is 1.55. The number of halogens is 3. The second kappa shape index (κ2) is 12.8. The third kappa shape index (κ3) is 8.86. The molecule has 1 aromatic heterocycles. The van der Waals surface area contributed by atoms with Crippen LogP contribution in [0.2, 0.25) is 0 Å². The monoisotopic (exact) mass is 566 g/mol. The maximum atomic E-state index is 13.0. The number of ether oxygens (including phenoxy) is 1. The van der Waals surface area contributed by atoms with Crippen molar-refractivity contribution in [2.45, 2.75) is 43.3 Å². The van der Waals surface area contributed by atoms with Crippen molar-refractivity contribution in [2.24, 2.45) is 0 Å². The summed E-state index contributed by atoms with van der Waals surface area (Å²) in [6.07, 6.45) is -1.76. The van der Waals surface area contributed by atoms with Crippen molar-refractivity contribution in [1.82, 2.24) is 9.71 Å². The number of hydrogen-bond acceptors (Lipinski definition) is 7. The number of unbranched alkanes of at least 4 members (excludes halogenated alkanes) is 1. The number of nitrogen functional groups attached to an aromatic ring is 1. The van der Waals surface area contributed by atoms with E-state index in [2.05, 4.69) is 10.3 Å². The highest BCUT2D eigenvalue weighted by atomic mass is 32.2. The highest BCUT2D eigenvalue weighted by Crippen LogP contribution is 2.30. The van der Waals surface area contributed by atoms with Crippen molar-refractivity contribution < 1.29 is 36.2 Å². The van der Waals surface area contributed by atoms with Gasteiger partial charge >= 0.3 is 12.1 Å². The molecule has 3 aromatic rings. The molecule has 5 N–H and O–H groups in total. The van der Waals surface area contributed by atoms with Crippen LogP contribution in [0.3, 0.4) is 0 Å². The van der Waals surface area contributed by atoms with E-state index in [1.807, 2.05) is 23.8 Å². The smallest absolute Gasteiger partial charge is 0.416 e. The molecule has 13 heteroatoms. The summed E-state index contributed by atoms with van der Waals surface area (Å²) < 4.78 is 71.9. The lowest BCUT2D eigenvalue weighted by Gasteiger charge is -2.17. The third-order valence-corrected chi connectivity index (χ3v) is 7.10. The number of alkyl halides is 3. The first-order chi connectivity index (χ1) is 18.3. The molecule has 0 saturated heterocycles. The second-order valence-electron chi connectivity index (χ2n) is 8.81. The minimum atomic E-state index is -4.76. The van der Waals surface area contributed by atoms with Crippen molar-refractivity contribution in [3.05, 3.63) is 77.5 Å². The van der Waals surface area contributed by atoms with Crippen LogP contribution in [0, 0.1) is 6.92 Å². The van der Waals surface area contributed by atoms with Gasteiger partial charge in [0.15, 0.2) is 0 Å². The van der Waals surface area contributed by atoms with E-state index >= 15 is 0 Å². The molecular weight excluding hydrogens is 537 g/mol. The molecule has 2 aromatic carbocycles. The molecule has 0 aliphatic carbocycles. The molecule has 0 spiro atoms. The Bertz CT molecular complexity index is 1400. The molecule has 0 amide bonds. The summed E-state index contributed by atoms with van der Waals surface area (Å²) >= 11 is 0. The average Bonchev–Trinajstić information content (AvgIpc) is 2.86. The van der Waals surface area contributed by atoms with Gasteiger partial charge in [0.05, 0.1) is 22.8 Å². The van der Waals surface area contributed by atoms with Gasteiger partial charge in [-0.1, -0.05) is 12.1 Å². The number of nitrogens with zero attached hydrogens (tertiary/aromatic N) is 1. The molecule has 1 heterocycles. The van der Waals surface area contributed by atoms with Crippen LogP contribution in [0.4, 0.5) is 24.7 Å². The van der Waals surface area contributed by atoms with Crippen LogP contribution in [0.15, 0.2) is 65.7 Å². The molecular formula is C26H29F3N4O5S. The molecule has 210 valence electrons. The Labute approximate surface area is 224 Å². The summed E-state index contributed by atoms with van der Waals surface area (Å²) in [6, 6.07) is 9.84. The molecule has 0 unspecified atom stereocenters. The number of carbonyl (C=O) groups is 1. The van der Waals surface area contributed by atoms with E-state index in [1.165, 1.54) is 6.07 Å². The summed E-state index contributed by atoms with van der Waals surface area (Å²) in [6.45, 7) is 3.08. The van der Waals surface area contributed by atoms with Gasteiger partial charge in [0.25, 0.3) is 0 Å². The average molecular weight is 567 g/mol. The van der Waals surface area contributed by atoms with Gasteiger partial charge in [-0.3, -0.25) is 4.79 Å². The number of rotatable bonds is 13. The molecule has 39 heavy (non-hydrogen) atoms. The van der Waals surface area contributed by atoms with E-state index in [4.69, 9.17) is 10.5 Å². The van der Waals surface area contributed by atoms with Crippen LogP contribution in [0.25, 0.3) is 0 Å². The van der Waals surface area contributed by atoms with Gasteiger partial charge in [0, 0.05) is 12.7 Å². The zero-order chi connectivity index (χ0) is 28.6. The van der Waals surface area contributed by atoms with Gasteiger partial charge in [0.2, 0.25) is 10.0 Å². The Kier molecular flexibility index (Phi) is 9.76. The fraction of sp³-hybridized carbons (Fsp3) is 0.308. The van der Waals surface area contributed by atoms with Crippen LogP contribution in [0.5, 0.6) is 5.75 Å². The highest BCUT2D eigenvalue weighted by molar-refractivity contribution is 7.89. The first-order valence-corrected chi connectivity index (χ1v) is 13.4.